The lowest BCUT2D eigenvalue weighted by Crippen LogP contribution is -2.00. The fourth-order valence-electron chi connectivity index (χ4n) is 0.999. The molecular formula is C10H14N2O. The molecule has 13 heavy (non-hydrogen) atoms. The molecule has 70 valence electrons. The number of hydrogen-bond donors (Lipinski definition) is 0. The lowest BCUT2D eigenvalue weighted by molar-refractivity contribution is 0.0988. The van der Waals surface area contributed by atoms with E-state index in [1.807, 2.05) is 14.0 Å². The number of Topliss-reactive ketones (excluding diaryl/α,β-unsaturated/α-hetero) is 1. The van der Waals surface area contributed by atoms with Gasteiger partial charge < -0.3 is 4.57 Å². The first-order chi connectivity index (χ1) is 6.13. The van der Waals surface area contributed by atoms with Crippen LogP contribution >= 0.6 is 0 Å². The van der Waals surface area contributed by atoms with E-state index >= 15 is 0 Å². The van der Waals surface area contributed by atoms with Gasteiger partial charge in [0.2, 0.25) is 0 Å². The summed E-state index contributed by atoms with van der Waals surface area (Å²) in [7, 11) is 1.85. The van der Waals surface area contributed by atoms with Crippen LogP contribution in [0.3, 0.4) is 0 Å². The number of ketones is 1. The second-order valence-corrected chi connectivity index (χ2v) is 3.13. The summed E-state index contributed by atoms with van der Waals surface area (Å²) in [6.07, 6.45) is 4.61. The Bertz CT molecular complexity index is 325. The van der Waals surface area contributed by atoms with Crippen LogP contribution in [0.5, 0.6) is 0 Å². The summed E-state index contributed by atoms with van der Waals surface area (Å²) in [5.74, 6) is 0.0486. The van der Waals surface area contributed by atoms with Crippen LogP contribution in [0, 0.1) is 0 Å². The number of nitrogens with zero attached hydrogens (tertiary/aromatic N) is 2. The number of imidazole rings is 1. The Balaban J connectivity index is 2.64. The predicted octanol–water partition coefficient (Wildman–Crippen LogP) is 1.96. The largest absolute Gasteiger partial charge is 0.340 e. The molecule has 0 N–H and O–H groups in total. The Kier molecular flexibility index (Phi) is 3.01. The number of carbonyl (C=O) groups excluding carboxylic acids is 1. The van der Waals surface area contributed by atoms with Crippen molar-refractivity contribution >= 4 is 5.78 Å². The van der Waals surface area contributed by atoms with E-state index in [1.54, 1.807) is 17.1 Å². The van der Waals surface area contributed by atoms with Gasteiger partial charge in [0.25, 0.3) is 0 Å². The average Bonchev–Trinajstić information content (AvgIpc) is 2.51. The third kappa shape index (κ3) is 2.54. The molecule has 0 aromatic carbocycles. The summed E-state index contributed by atoms with van der Waals surface area (Å²) in [6.45, 7) is 5.78. The van der Waals surface area contributed by atoms with Gasteiger partial charge in [-0.3, -0.25) is 4.79 Å². The molecule has 0 radical (unpaired) electrons. The number of carbonyl (C=O) groups is 1. The molecule has 0 amide bonds. The van der Waals surface area contributed by atoms with E-state index in [9.17, 15) is 4.79 Å². The minimum atomic E-state index is 0.0486. The number of aryl methyl sites for hydroxylation is 1. The Morgan fingerprint density at radius 1 is 1.69 bits per heavy atom. The van der Waals surface area contributed by atoms with E-state index in [4.69, 9.17) is 0 Å². The molecule has 0 aliphatic carbocycles. The zero-order valence-corrected chi connectivity index (χ0v) is 8.08. The lowest BCUT2D eigenvalue weighted by Gasteiger charge is -1.98. The zero-order valence-electron chi connectivity index (χ0n) is 8.08. The van der Waals surface area contributed by atoms with Crippen molar-refractivity contribution in [2.75, 3.05) is 0 Å². The highest BCUT2D eigenvalue weighted by Crippen LogP contribution is 2.08. The Morgan fingerprint density at radius 2 is 2.38 bits per heavy atom. The maximum atomic E-state index is 11.5. The predicted molar refractivity (Wildman–Crippen MR) is 51.6 cm³/mol. The summed E-state index contributed by atoms with van der Waals surface area (Å²) >= 11 is 0. The molecule has 0 saturated heterocycles. The van der Waals surface area contributed by atoms with Crippen LogP contribution in [-0.2, 0) is 7.05 Å². The van der Waals surface area contributed by atoms with E-state index in [0.29, 0.717) is 12.1 Å². The fourth-order valence-corrected chi connectivity index (χ4v) is 0.999. The zero-order chi connectivity index (χ0) is 9.84. The quantitative estimate of drug-likeness (QED) is 0.521. The van der Waals surface area contributed by atoms with Crippen LogP contribution in [0.4, 0.5) is 0 Å². The summed E-state index contributed by atoms with van der Waals surface area (Å²) in [6, 6.07) is 0. The fraction of sp³-hybridized carbons (Fsp3) is 0.400. The van der Waals surface area contributed by atoms with Gasteiger partial charge in [0, 0.05) is 19.7 Å². The first-order valence-corrected chi connectivity index (χ1v) is 4.31. The monoisotopic (exact) mass is 178 g/mol. The van der Waals surface area contributed by atoms with Gasteiger partial charge in [0.15, 0.2) is 5.78 Å². The molecule has 3 nitrogen and oxygen atoms in total. The van der Waals surface area contributed by atoms with Crippen molar-refractivity contribution in [3.63, 3.8) is 0 Å². The van der Waals surface area contributed by atoms with E-state index in [-0.39, 0.29) is 5.78 Å². The molecule has 0 spiro atoms. The van der Waals surface area contributed by atoms with E-state index in [1.165, 1.54) is 0 Å². The van der Waals surface area contributed by atoms with Gasteiger partial charge >= 0.3 is 0 Å². The van der Waals surface area contributed by atoms with Crippen molar-refractivity contribution in [2.24, 2.45) is 7.05 Å². The van der Waals surface area contributed by atoms with Crippen LogP contribution in [0.1, 0.15) is 30.3 Å². The lowest BCUT2D eigenvalue weighted by atomic mass is 10.1. The Morgan fingerprint density at radius 3 is 2.85 bits per heavy atom. The molecule has 0 bridgehead atoms. The first kappa shape index (κ1) is 9.71. The van der Waals surface area contributed by atoms with Crippen molar-refractivity contribution in [3.8, 4) is 0 Å². The molecule has 0 aliphatic rings. The SMILES string of the molecule is C=C(CC)CC(=O)c1cn(C)cn1. The van der Waals surface area contributed by atoms with Crippen LogP contribution < -0.4 is 0 Å². The molecule has 1 heterocycles. The standard InChI is InChI=1S/C10H14N2O/c1-4-8(2)5-10(13)9-6-12(3)7-11-9/h6-7H,2,4-5H2,1,3H3. The Labute approximate surface area is 78.1 Å². The number of aromatic nitrogens is 2. The van der Waals surface area contributed by atoms with Crippen molar-refractivity contribution in [2.45, 2.75) is 19.8 Å². The van der Waals surface area contributed by atoms with Crippen molar-refractivity contribution in [1.82, 2.24) is 9.55 Å². The van der Waals surface area contributed by atoms with Crippen LogP contribution in [-0.4, -0.2) is 15.3 Å². The van der Waals surface area contributed by atoms with Gasteiger partial charge in [-0.1, -0.05) is 19.1 Å². The van der Waals surface area contributed by atoms with E-state index in [0.717, 1.165) is 12.0 Å². The molecule has 0 atom stereocenters. The first-order valence-electron chi connectivity index (χ1n) is 4.31. The molecule has 1 aromatic heterocycles. The van der Waals surface area contributed by atoms with Gasteiger partial charge in [-0.15, -0.1) is 0 Å². The average molecular weight is 178 g/mol. The summed E-state index contributed by atoms with van der Waals surface area (Å²) in [5, 5.41) is 0. The minimum Gasteiger partial charge on any atom is -0.340 e. The van der Waals surface area contributed by atoms with Crippen molar-refractivity contribution in [3.05, 3.63) is 30.4 Å². The summed E-state index contributed by atoms with van der Waals surface area (Å²) < 4.78 is 1.77. The highest BCUT2D eigenvalue weighted by molar-refractivity contribution is 5.95. The maximum absolute atomic E-state index is 11.5. The summed E-state index contributed by atoms with van der Waals surface area (Å²) in [4.78, 5) is 15.5. The highest BCUT2D eigenvalue weighted by Gasteiger charge is 2.08. The number of rotatable bonds is 4. The van der Waals surface area contributed by atoms with Gasteiger partial charge in [-0.25, -0.2) is 4.98 Å². The molecule has 1 aromatic rings. The molecule has 3 heteroatoms. The normalized spacial score (nSPS) is 10.0. The van der Waals surface area contributed by atoms with Crippen molar-refractivity contribution in [1.29, 1.82) is 0 Å². The van der Waals surface area contributed by atoms with Crippen molar-refractivity contribution < 1.29 is 4.79 Å². The topological polar surface area (TPSA) is 34.9 Å². The van der Waals surface area contributed by atoms with Gasteiger partial charge in [-0.05, 0) is 6.42 Å². The van der Waals surface area contributed by atoms with E-state index in [2.05, 4.69) is 11.6 Å². The van der Waals surface area contributed by atoms with Gasteiger partial charge in [-0.2, -0.15) is 0 Å². The second-order valence-electron chi connectivity index (χ2n) is 3.13. The van der Waals surface area contributed by atoms with Crippen LogP contribution in [0.25, 0.3) is 0 Å². The smallest absolute Gasteiger partial charge is 0.186 e. The molecule has 0 aliphatic heterocycles. The van der Waals surface area contributed by atoms with Crippen LogP contribution in [0.15, 0.2) is 24.7 Å². The maximum Gasteiger partial charge on any atom is 0.186 e. The third-order valence-corrected chi connectivity index (χ3v) is 1.90. The third-order valence-electron chi connectivity index (χ3n) is 1.90. The molecule has 0 fully saturated rings. The molecule has 1 rings (SSSR count). The van der Waals surface area contributed by atoms with E-state index < -0.39 is 0 Å². The minimum absolute atomic E-state index is 0.0486. The molecule has 0 unspecified atom stereocenters. The van der Waals surface area contributed by atoms with Gasteiger partial charge in [0.05, 0.1) is 6.33 Å². The van der Waals surface area contributed by atoms with Crippen LogP contribution in [0.2, 0.25) is 0 Å². The van der Waals surface area contributed by atoms with Gasteiger partial charge in [0.1, 0.15) is 5.69 Å². The molecule has 0 saturated carbocycles. The highest BCUT2D eigenvalue weighted by atomic mass is 16.1. The Hall–Kier alpha value is -1.38. The summed E-state index contributed by atoms with van der Waals surface area (Å²) in [5.41, 5.74) is 1.48. The number of hydrogen-bond acceptors (Lipinski definition) is 2. The number of allylic oxidation sites excluding steroid dienone is 1. The molecular weight excluding hydrogens is 164 g/mol. The second kappa shape index (κ2) is 4.03.